The SMILES string of the molecule is Cc1cc2c3cc(C4=C(C(C)C)CC(C(C)C)C=C4C(C)C)ccc3c(Br)cc2c2cc(C3C(C(C)C)=CC(C(C)C)=CC3C(C)C)ccc12. The van der Waals surface area contributed by atoms with Gasteiger partial charge in [0.25, 0.3) is 0 Å². The summed E-state index contributed by atoms with van der Waals surface area (Å²) in [6, 6.07) is 19.5. The summed E-state index contributed by atoms with van der Waals surface area (Å²) in [7, 11) is 0. The lowest BCUT2D eigenvalue weighted by molar-refractivity contribution is 0.391. The molecule has 0 saturated carbocycles. The number of allylic oxidation sites excluding steroid dienone is 8. The summed E-state index contributed by atoms with van der Waals surface area (Å²) in [5.41, 5.74) is 11.9. The Labute approximate surface area is 312 Å². The predicted octanol–water partition coefficient (Wildman–Crippen LogP) is 15.4. The second-order valence-corrected chi connectivity index (χ2v) is 18.4. The van der Waals surface area contributed by atoms with Crippen molar-refractivity contribution in [1.82, 2.24) is 0 Å². The summed E-state index contributed by atoms with van der Waals surface area (Å²) in [4.78, 5) is 0. The fourth-order valence-electron chi connectivity index (χ4n) is 9.00. The van der Waals surface area contributed by atoms with E-state index in [0.717, 1.165) is 6.42 Å². The van der Waals surface area contributed by atoms with Crippen LogP contribution in [0.4, 0.5) is 0 Å². The minimum Gasteiger partial charge on any atom is -0.0768 e. The van der Waals surface area contributed by atoms with Crippen LogP contribution in [0.5, 0.6) is 0 Å². The molecule has 4 aromatic carbocycles. The van der Waals surface area contributed by atoms with Gasteiger partial charge in [-0.25, -0.2) is 0 Å². The van der Waals surface area contributed by atoms with E-state index in [4.69, 9.17) is 0 Å². The lowest BCUT2D eigenvalue weighted by atomic mass is 9.67. The van der Waals surface area contributed by atoms with E-state index < -0.39 is 0 Å². The molecule has 0 nitrogen and oxygen atoms in total. The molecule has 0 aromatic heterocycles. The third-order valence-electron chi connectivity index (χ3n) is 12.1. The Bertz CT molecular complexity index is 2070. The van der Waals surface area contributed by atoms with Crippen LogP contribution >= 0.6 is 15.9 Å². The van der Waals surface area contributed by atoms with Gasteiger partial charge in [0, 0.05) is 10.4 Å². The first-order valence-corrected chi connectivity index (χ1v) is 20.4. The minimum absolute atomic E-state index is 0.386. The second kappa shape index (κ2) is 14.3. The first-order chi connectivity index (χ1) is 23.6. The van der Waals surface area contributed by atoms with Crippen LogP contribution in [0.25, 0.3) is 37.9 Å². The first kappa shape index (κ1) is 36.9. The average molecular weight is 730 g/mol. The van der Waals surface area contributed by atoms with Crippen molar-refractivity contribution in [3.8, 4) is 0 Å². The lowest BCUT2D eigenvalue weighted by Crippen LogP contribution is -2.25. The zero-order chi connectivity index (χ0) is 36.3. The number of rotatable bonds is 8. The van der Waals surface area contributed by atoms with Crippen LogP contribution in [0.1, 0.15) is 112 Å². The summed E-state index contributed by atoms with van der Waals surface area (Å²) in [6.07, 6.45) is 8.92. The highest BCUT2D eigenvalue weighted by atomic mass is 79.9. The van der Waals surface area contributed by atoms with Gasteiger partial charge in [-0.2, -0.15) is 0 Å². The third kappa shape index (κ3) is 6.62. The fourth-order valence-corrected chi connectivity index (χ4v) is 9.58. The standard InChI is InChI=1S/C49H61Br/c1-26(2)35-21-39(28(5)6)48(40(22-35)29(7)8)33-14-16-37-32(13)18-43-45-20-34(15-17-38(45)47(50)25-46(43)44(37)19-33)49-41(30(9)10)23-36(27(3)4)24-42(49)31(11)12/h14-23,25-31,36,39,48H,24H2,1-13H3. The highest BCUT2D eigenvalue weighted by Crippen LogP contribution is 2.48. The summed E-state index contributed by atoms with van der Waals surface area (Å²) >= 11 is 4.07. The maximum Gasteiger partial charge on any atom is 0.0260 e. The van der Waals surface area contributed by atoms with Crippen LogP contribution < -0.4 is 0 Å². The molecular formula is C49H61Br. The van der Waals surface area contributed by atoms with E-state index in [1.165, 1.54) is 70.2 Å². The lowest BCUT2D eigenvalue weighted by Gasteiger charge is -2.37. The second-order valence-electron chi connectivity index (χ2n) is 17.6. The van der Waals surface area contributed by atoms with Gasteiger partial charge in [0.1, 0.15) is 0 Å². The van der Waals surface area contributed by atoms with Crippen molar-refractivity contribution in [2.24, 2.45) is 47.3 Å². The zero-order valence-electron chi connectivity index (χ0n) is 33.1. The third-order valence-corrected chi connectivity index (χ3v) is 12.8. The molecular weight excluding hydrogens is 668 g/mol. The summed E-state index contributed by atoms with van der Waals surface area (Å²) in [6.45, 7) is 30.9. The molecule has 3 unspecified atom stereocenters. The molecule has 0 amide bonds. The highest BCUT2D eigenvalue weighted by molar-refractivity contribution is 9.10. The van der Waals surface area contributed by atoms with Gasteiger partial charge in [-0.3, -0.25) is 0 Å². The van der Waals surface area contributed by atoms with Crippen molar-refractivity contribution in [3.05, 3.63) is 110 Å². The van der Waals surface area contributed by atoms with E-state index in [2.05, 4.69) is 173 Å². The van der Waals surface area contributed by atoms with Crippen molar-refractivity contribution in [2.45, 2.75) is 102 Å². The Morgan fingerprint density at radius 1 is 0.600 bits per heavy atom. The molecule has 2 aliphatic rings. The van der Waals surface area contributed by atoms with E-state index in [-0.39, 0.29) is 0 Å². The van der Waals surface area contributed by atoms with E-state index >= 15 is 0 Å². The quantitative estimate of drug-likeness (QED) is 0.158. The van der Waals surface area contributed by atoms with Gasteiger partial charge >= 0.3 is 0 Å². The number of aryl methyl sites for hydroxylation is 1. The van der Waals surface area contributed by atoms with E-state index in [1.54, 1.807) is 11.1 Å². The summed E-state index contributed by atoms with van der Waals surface area (Å²) in [5, 5.41) is 8.06. The molecule has 0 spiro atoms. The molecule has 4 aromatic rings. The maximum absolute atomic E-state index is 4.07. The first-order valence-electron chi connectivity index (χ1n) is 19.6. The average Bonchev–Trinajstić information content (AvgIpc) is 3.07. The molecule has 0 saturated heterocycles. The molecule has 0 heterocycles. The van der Waals surface area contributed by atoms with Gasteiger partial charge in [0.05, 0.1) is 0 Å². The van der Waals surface area contributed by atoms with Crippen LogP contribution in [0.2, 0.25) is 0 Å². The Morgan fingerprint density at radius 2 is 1.24 bits per heavy atom. The Morgan fingerprint density at radius 3 is 1.84 bits per heavy atom. The molecule has 3 atom stereocenters. The summed E-state index contributed by atoms with van der Waals surface area (Å²) in [5.74, 6) is 4.69. The van der Waals surface area contributed by atoms with Crippen molar-refractivity contribution in [1.29, 1.82) is 0 Å². The van der Waals surface area contributed by atoms with Crippen LogP contribution in [-0.2, 0) is 0 Å². The van der Waals surface area contributed by atoms with E-state index in [9.17, 15) is 0 Å². The normalized spacial score (nSPS) is 20.5. The minimum atomic E-state index is 0.386. The van der Waals surface area contributed by atoms with Crippen molar-refractivity contribution < 1.29 is 0 Å². The van der Waals surface area contributed by atoms with Crippen LogP contribution in [0.15, 0.2) is 93.5 Å². The number of fused-ring (bicyclic) bond motifs is 5. The van der Waals surface area contributed by atoms with Gasteiger partial charge in [-0.05, 0) is 145 Å². The molecule has 0 N–H and O–H groups in total. The molecule has 6 rings (SSSR count). The fraction of sp³-hybridized carbons (Fsp3) is 0.469. The maximum atomic E-state index is 4.07. The summed E-state index contributed by atoms with van der Waals surface area (Å²) < 4.78 is 1.17. The number of hydrogen-bond acceptors (Lipinski definition) is 0. The number of hydrogen-bond donors (Lipinski definition) is 0. The zero-order valence-corrected chi connectivity index (χ0v) is 34.7. The molecule has 0 aliphatic heterocycles. The molecule has 50 heavy (non-hydrogen) atoms. The molecule has 0 radical (unpaired) electrons. The van der Waals surface area contributed by atoms with Crippen molar-refractivity contribution in [2.75, 3.05) is 0 Å². The van der Waals surface area contributed by atoms with Crippen LogP contribution in [0, 0.1) is 54.3 Å². The van der Waals surface area contributed by atoms with Gasteiger partial charge in [0.2, 0.25) is 0 Å². The number of halogens is 1. The van der Waals surface area contributed by atoms with E-state index in [0.29, 0.717) is 53.3 Å². The largest absolute Gasteiger partial charge is 0.0768 e. The molecule has 2 aliphatic carbocycles. The topological polar surface area (TPSA) is 0 Å². The molecule has 0 bridgehead atoms. The highest BCUT2D eigenvalue weighted by Gasteiger charge is 2.33. The van der Waals surface area contributed by atoms with Crippen molar-refractivity contribution >= 4 is 53.8 Å². The Balaban J connectivity index is 1.60. The predicted molar refractivity (Wildman–Crippen MR) is 226 cm³/mol. The monoisotopic (exact) mass is 728 g/mol. The van der Waals surface area contributed by atoms with Gasteiger partial charge in [-0.1, -0.05) is 159 Å². The molecule has 0 fully saturated rings. The smallest absolute Gasteiger partial charge is 0.0260 e. The van der Waals surface area contributed by atoms with Crippen molar-refractivity contribution in [3.63, 3.8) is 0 Å². The van der Waals surface area contributed by atoms with Gasteiger partial charge in [-0.15, -0.1) is 0 Å². The van der Waals surface area contributed by atoms with Gasteiger partial charge in [0.15, 0.2) is 0 Å². The van der Waals surface area contributed by atoms with Gasteiger partial charge < -0.3 is 0 Å². The molecule has 1 heteroatoms. The van der Waals surface area contributed by atoms with Crippen LogP contribution in [-0.4, -0.2) is 0 Å². The Kier molecular flexibility index (Phi) is 10.5. The molecule has 264 valence electrons. The Hall–Kier alpha value is -2.90. The van der Waals surface area contributed by atoms with E-state index in [1.807, 2.05) is 0 Å². The number of benzene rings is 4. The van der Waals surface area contributed by atoms with Crippen LogP contribution in [0.3, 0.4) is 0 Å².